The van der Waals surface area contributed by atoms with Crippen LogP contribution in [0.4, 0.5) is 0 Å². The molecular weight excluding hydrogens is 859 g/mol. The van der Waals surface area contributed by atoms with Crippen molar-refractivity contribution in [2.75, 3.05) is 13.2 Å². The van der Waals surface area contributed by atoms with Crippen LogP contribution in [0.3, 0.4) is 0 Å². The molecule has 0 aliphatic rings. The lowest BCUT2D eigenvalue weighted by Crippen LogP contribution is -2.25. The Morgan fingerprint density at radius 2 is 0.768 bits per heavy atom. The molecule has 2 rings (SSSR count). The summed E-state index contributed by atoms with van der Waals surface area (Å²) in [5, 5.41) is 2.86. The predicted molar refractivity (Wildman–Crippen MR) is 286 cm³/mol. The molecule has 2 aromatic rings. The number of hydrogen-bond donors (Lipinski definition) is 1. The average molecular weight is 936 g/mol. The fraction of sp³-hybridized carbons (Fsp3) is 0.344. The Morgan fingerprint density at radius 1 is 0.420 bits per heavy atom. The Hall–Kier alpha value is -6.80. The fourth-order valence-electron chi connectivity index (χ4n) is 6.10. The first-order valence-corrected chi connectivity index (χ1v) is 24.8. The zero-order valence-corrected chi connectivity index (χ0v) is 41.3. The summed E-state index contributed by atoms with van der Waals surface area (Å²) in [6.45, 7) is 4.69. The second-order valence-corrected chi connectivity index (χ2v) is 15.6. The zero-order valence-electron chi connectivity index (χ0n) is 41.3. The Morgan fingerprint density at radius 3 is 1.19 bits per heavy atom. The first-order valence-electron chi connectivity index (χ1n) is 24.8. The maximum Gasteiger partial charge on any atom is 0.347 e. The summed E-state index contributed by atoms with van der Waals surface area (Å²) >= 11 is 0. The Labute approximate surface area is 414 Å². The molecule has 8 nitrogen and oxygen atoms in total. The minimum atomic E-state index is -0.790. The van der Waals surface area contributed by atoms with Crippen molar-refractivity contribution in [2.45, 2.75) is 123 Å². The maximum absolute atomic E-state index is 13.3. The summed E-state index contributed by atoms with van der Waals surface area (Å²) < 4.78 is 16.6. The van der Waals surface area contributed by atoms with Crippen molar-refractivity contribution < 1.29 is 33.4 Å². The molecule has 69 heavy (non-hydrogen) atoms. The van der Waals surface area contributed by atoms with E-state index in [1.807, 2.05) is 18.2 Å². The number of ether oxygens (including phenoxy) is 3. The number of rotatable bonds is 36. The van der Waals surface area contributed by atoms with E-state index in [0.29, 0.717) is 32.2 Å². The molecule has 0 radical (unpaired) electrons. The summed E-state index contributed by atoms with van der Waals surface area (Å²) in [4.78, 5) is 51.3. The molecule has 0 heterocycles. The van der Waals surface area contributed by atoms with Crippen LogP contribution in [-0.4, -0.2) is 37.0 Å². The summed E-state index contributed by atoms with van der Waals surface area (Å²) in [6, 6.07) is 12.6. The van der Waals surface area contributed by atoms with E-state index in [4.69, 9.17) is 14.2 Å². The molecule has 1 N–H and O–H groups in total. The number of allylic oxidation sites excluding steroid dienone is 24. The van der Waals surface area contributed by atoms with Crippen molar-refractivity contribution in [2.24, 2.45) is 0 Å². The summed E-state index contributed by atoms with van der Waals surface area (Å²) in [7, 11) is 0. The van der Waals surface area contributed by atoms with E-state index in [-0.39, 0.29) is 41.6 Å². The van der Waals surface area contributed by atoms with Crippen molar-refractivity contribution >= 4 is 23.8 Å². The van der Waals surface area contributed by atoms with Crippen LogP contribution in [0.1, 0.15) is 144 Å². The lowest BCUT2D eigenvalue weighted by molar-refractivity contribution is -0.134. The standard InChI is InChI=1S/C61H77NO7/c1-3-5-7-9-11-13-15-17-19-21-23-25-27-29-31-33-35-37-39-50-58(63)62-52-45-53-67-60(65)54-46-41-44-49-57(54)69-61(66)55-47-42-43-48-56(55)68-59(64)51-40-38-36-34-32-30-28-26-24-22-20-18-16-14-12-10-8-6-4-2/h5-8,11-14,17-20,23-26,29-32,35-38,41-44,46-49H,3-4,9-10,15-16,21-22,27-28,33-34,39-40,45,50-53H2,1-2H3,(H,62,63). The Kier molecular flexibility index (Phi) is 36.0. The van der Waals surface area contributed by atoms with Gasteiger partial charge < -0.3 is 19.5 Å². The maximum atomic E-state index is 13.3. The number of hydrogen-bond acceptors (Lipinski definition) is 7. The van der Waals surface area contributed by atoms with Gasteiger partial charge in [-0.05, 0) is 121 Å². The van der Waals surface area contributed by atoms with E-state index in [9.17, 15) is 19.2 Å². The van der Waals surface area contributed by atoms with Crippen LogP contribution in [-0.2, 0) is 14.3 Å². The van der Waals surface area contributed by atoms with Gasteiger partial charge in [-0.3, -0.25) is 9.59 Å². The molecule has 0 atom stereocenters. The summed E-state index contributed by atoms with van der Waals surface area (Å²) in [5.74, 6) is -1.95. The van der Waals surface area contributed by atoms with Crippen molar-refractivity contribution in [1.82, 2.24) is 5.32 Å². The molecule has 8 heteroatoms. The number of carbonyl (C=O) groups excluding carboxylic acids is 4. The van der Waals surface area contributed by atoms with Gasteiger partial charge in [0.2, 0.25) is 5.91 Å². The summed E-state index contributed by atoms with van der Waals surface area (Å²) in [5.41, 5.74) is 0.108. The lowest BCUT2D eigenvalue weighted by Gasteiger charge is -2.12. The first kappa shape index (κ1) is 58.3. The molecule has 0 aromatic heterocycles. The highest BCUT2D eigenvalue weighted by molar-refractivity contribution is 5.98. The number of nitrogens with one attached hydrogen (secondary N) is 1. The summed E-state index contributed by atoms with van der Waals surface area (Å²) in [6.07, 6.45) is 64.7. The largest absolute Gasteiger partial charge is 0.462 e. The van der Waals surface area contributed by atoms with Crippen LogP contribution in [0.15, 0.2) is 194 Å². The third-order valence-corrected chi connectivity index (χ3v) is 9.76. The second kappa shape index (κ2) is 42.5. The predicted octanol–water partition coefficient (Wildman–Crippen LogP) is 15.4. The van der Waals surface area contributed by atoms with Gasteiger partial charge in [-0.2, -0.15) is 0 Å². The van der Waals surface area contributed by atoms with Gasteiger partial charge >= 0.3 is 17.9 Å². The van der Waals surface area contributed by atoms with E-state index < -0.39 is 17.9 Å². The highest BCUT2D eigenvalue weighted by Crippen LogP contribution is 2.24. The number of amides is 1. The third kappa shape index (κ3) is 32.5. The quantitative estimate of drug-likeness (QED) is 0.0314. The average Bonchev–Trinajstić information content (AvgIpc) is 3.35. The molecule has 2 aromatic carbocycles. The van der Waals surface area contributed by atoms with Gasteiger partial charge in [0.1, 0.15) is 22.6 Å². The van der Waals surface area contributed by atoms with Crippen molar-refractivity contribution in [3.05, 3.63) is 205 Å². The van der Waals surface area contributed by atoms with Gasteiger partial charge in [0.25, 0.3) is 0 Å². The topological polar surface area (TPSA) is 108 Å². The van der Waals surface area contributed by atoms with Crippen LogP contribution in [0.5, 0.6) is 11.5 Å². The highest BCUT2D eigenvalue weighted by Gasteiger charge is 2.21. The van der Waals surface area contributed by atoms with Gasteiger partial charge in [-0.15, -0.1) is 0 Å². The van der Waals surface area contributed by atoms with Crippen molar-refractivity contribution in [3.8, 4) is 11.5 Å². The number of para-hydroxylation sites is 2. The number of esters is 3. The third-order valence-electron chi connectivity index (χ3n) is 9.76. The number of carbonyl (C=O) groups is 4. The first-order chi connectivity index (χ1) is 34.0. The number of benzene rings is 2. The van der Waals surface area contributed by atoms with Gasteiger partial charge in [-0.25, -0.2) is 9.59 Å². The molecule has 0 bridgehead atoms. The van der Waals surface area contributed by atoms with Crippen LogP contribution in [0.25, 0.3) is 0 Å². The second-order valence-electron chi connectivity index (χ2n) is 15.6. The molecule has 0 unspecified atom stereocenters. The van der Waals surface area contributed by atoms with Crippen LogP contribution >= 0.6 is 0 Å². The molecule has 0 fully saturated rings. The SMILES string of the molecule is CCC=CCC=CCC=CCC=CCC=CCC=CCCC(=O)NCCCOC(=O)c1ccccc1OC(=O)c1ccccc1OC(=O)CCC=CCC=CCC=CCC=CCC=CCC=CCC. The van der Waals surface area contributed by atoms with Crippen LogP contribution < -0.4 is 14.8 Å². The van der Waals surface area contributed by atoms with E-state index in [1.54, 1.807) is 24.3 Å². The fourth-order valence-corrected chi connectivity index (χ4v) is 6.10. The van der Waals surface area contributed by atoms with Gasteiger partial charge in [0.15, 0.2) is 0 Å². The van der Waals surface area contributed by atoms with E-state index in [1.165, 1.54) is 24.3 Å². The van der Waals surface area contributed by atoms with Gasteiger partial charge in [-0.1, -0.05) is 184 Å². The van der Waals surface area contributed by atoms with Gasteiger partial charge in [0.05, 0.1) is 6.61 Å². The zero-order chi connectivity index (χ0) is 49.5. The molecule has 0 aliphatic carbocycles. The smallest absolute Gasteiger partial charge is 0.347 e. The van der Waals surface area contributed by atoms with E-state index >= 15 is 0 Å². The molecule has 1 amide bonds. The van der Waals surface area contributed by atoms with Crippen molar-refractivity contribution in [3.63, 3.8) is 0 Å². The minimum Gasteiger partial charge on any atom is -0.462 e. The minimum absolute atomic E-state index is 0.00831. The Bertz CT molecular complexity index is 2120. The van der Waals surface area contributed by atoms with Crippen molar-refractivity contribution in [1.29, 1.82) is 0 Å². The molecule has 0 aliphatic heterocycles. The molecule has 368 valence electrons. The van der Waals surface area contributed by atoms with Crippen LogP contribution in [0, 0.1) is 0 Å². The molecule has 0 saturated carbocycles. The molecule has 0 spiro atoms. The monoisotopic (exact) mass is 936 g/mol. The normalized spacial score (nSPS) is 12.6. The lowest BCUT2D eigenvalue weighted by atomic mass is 10.2. The molecular formula is C61H77NO7. The highest BCUT2D eigenvalue weighted by atomic mass is 16.6. The Balaban J connectivity index is 1.62. The van der Waals surface area contributed by atoms with Crippen LogP contribution in [0.2, 0.25) is 0 Å². The van der Waals surface area contributed by atoms with E-state index in [0.717, 1.165) is 77.0 Å². The van der Waals surface area contributed by atoms with E-state index in [2.05, 4.69) is 147 Å². The van der Waals surface area contributed by atoms with Gasteiger partial charge in [0, 0.05) is 19.4 Å². The molecule has 0 saturated heterocycles.